The van der Waals surface area contributed by atoms with Crippen LogP contribution in [0.4, 0.5) is 0 Å². The lowest BCUT2D eigenvalue weighted by atomic mass is 10.2. The van der Waals surface area contributed by atoms with Gasteiger partial charge in [0.1, 0.15) is 6.07 Å². The molecule has 1 aromatic heterocycles. The van der Waals surface area contributed by atoms with Crippen LogP contribution in [0.15, 0.2) is 23.4 Å². The number of thiazole rings is 1. The highest BCUT2D eigenvalue weighted by molar-refractivity contribution is 7.85. The molecule has 0 spiro atoms. The van der Waals surface area contributed by atoms with E-state index in [0.717, 1.165) is 22.0 Å². The maximum absolute atomic E-state index is 10.8. The molecule has 8 heteroatoms. The number of oxime groups is 1. The normalized spacial score (nSPS) is 12.4. The van der Waals surface area contributed by atoms with E-state index in [4.69, 9.17) is 5.26 Å². The third-order valence-electron chi connectivity index (χ3n) is 2.12. The van der Waals surface area contributed by atoms with E-state index in [2.05, 4.69) is 14.4 Å². The zero-order valence-electron chi connectivity index (χ0n) is 10.1. The molecule has 0 unspecified atom stereocenters. The molecule has 0 aliphatic heterocycles. The Labute approximate surface area is 114 Å². The van der Waals surface area contributed by atoms with E-state index < -0.39 is 10.1 Å². The summed E-state index contributed by atoms with van der Waals surface area (Å²) < 4.78 is 26.8. The smallest absolute Gasteiger partial charge is 0.267 e. The Morgan fingerprint density at radius 3 is 2.89 bits per heavy atom. The van der Waals surface area contributed by atoms with Gasteiger partial charge in [-0.3, -0.25) is 4.28 Å². The van der Waals surface area contributed by atoms with Crippen molar-refractivity contribution in [2.24, 2.45) is 5.16 Å². The van der Waals surface area contributed by atoms with Crippen LogP contribution < -0.4 is 0 Å². The SMILES string of the molecule is Cc1ccc2nc(/C(C#N)=N/OS(C)(=O)=O)sc2c1. The lowest BCUT2D eigenvalue weighted by molar-refractivity contribution is 0.344. The first-order valence-electron chi connectivity index (χ1n) is 5.13. The lowest BCUT2D eigenvalue weighted by Crippen LogP contribution is -2.02. The van der Waals surface area contributed by atoms with E-state index in [9.17, 15) is 8.42 Å². The molecule has 1 heterocycles. The maximum Gasteiger partial charge on any atom is 0.325 e. The third-order valence-corrected chi connectivity index (χ3v) is 3.49. The van der Waals surface area contributed by atoms with E-state index in [0.29, 0.717) is 5.01 Å². The van der Waals surface area contributed by atoms with Crippen LogP contribution in [0.2, 0.25) is 0 Å². The van der Waals surface area contributed by atoms with Crippen LogP contribution in [0.25, 0.3) is 10.2 Å². The number of nitriles is 1. The summed E-state index contributed by atoms with van der Waals surface area (Å²) in [6, 6.07) is 7.44. The molecule has 0 aliphatic carbocycles. The van der Waals surface area contributed by atoms with Crippen LogP contribution in [0.1, 0.15) is 10.6 Å². The minimum atomic E-state index is -3.74. The second kappa shape index (κ2) is 4.95. The van der Waals surface area contributed by atoms with Crippen LogP contribution in [0.3, 0.4) is 0 Å². The van der Waals surface area contributed by atoms with Gasteiger partial charge in [0, 0.05) is 0 Å². The zero-order chi connectivity index (χ0) is 14.0. The molecule has 0 atom stereocenters. The summed E-state index contributed by atoms with van der Waals surface area (Å²) in [5.74, 6) is 0. The van der Waals surface area contributed by atoms with Gasteiger partial charge >= 0.3 is 10.1 Å². The fraction of sp³-hybridized carbons (Fsp3) is 0.182. The van der Waals surface area contributed by atoms with Gasteiger partial charge < -0.3 is 0 Å². The van der Waals surface area contributed by atoms with Gasteiger partial charge in [0.05, 0.1) is 16.5 Å². The van der Waals surface area contributed by atoms with Crippen molar-refractivity contribution in [1.82, 2.24) is 4.98 Å². The summed E-state index contributed by atoms with van der Waals surface area (Å²) >= 11 is 1.26. The highest BCUT2D eigenvalue weighted by Gasteiger charge is 2.12. The van der Waals surface area contributed by atoms with E-state index in [1.165, 1.54) is 11.3 Å². The first-order chi connectivity index (χ1) is 8.89. The Bertz CT molecular complexity index is 800. The fourth-order valence-corrected chi connectivity index (χ4v) is 2.55. The first-order valence-corrected chi connectivity index (χ1v) is 7.76. The number of rotatable bonds is 3. The van der Waals surface area contributed by atoms with Crippen molar-refractivity contribution >= 4 is 37.4 Å². The average Bonchev–Trinajstić information content (AvgIpc) is 2.71. The molecule has 0 aliphatic rings. The predicted molar refractivity (Wildman–Crippen MR) is 72.4 cm³/mol. The molecule has 0 saturated heterocycles. The second-order valence-corrected chi connectivity index (χ2v) is 6.41. The van der Waals surface area contributed by atoms with Gasteiger partial charge in [0.15, 0.2) is 5.01 Å². The van der Waals surface area contributed by atoms with Gasteiger partial charge in [-0.05, 0) is 24.6 Å². The van der Waals surface area contributed by atoms with E-state index in [1.807, 2.05) is 25.1 Å². The zero-order valence-corrected chi connectivity index (χ0v) is 11.7. The quantitative estimate of drug-likeness (QED) is 0.636. The monoisotopic (exact) mass is 295 g/mol. The van der Waals surface area contributed by atoms with Crippen molar-refractivity contribution < 1.29 is 12.7 Å². The van der Waals surface area contributed by atoms with E-state index >= 15 is 0 Å². The molecule has 0 amide bonds. The highest BCUT2D eigenvalue weighted by atomic mass is 32.2. The van der Waals surface area contributed by atoms with Crippen LogP contribution in [0, 0.1) is 18.3 Å². The summed E-state index contributed by atoms with van der Waals surface area (Å²) in [4.78, 5) is 4.22. The van der Waals surface area contributed by atoms with Crippen LogP contribution in [-0.2, 0) is 14.4 Å². The summed E-state index contributed by atoms with van der Waals surface area (Å²) in [5.41, 5.74) is 1.64. The van der Waals surface area contributed by atoms with Gasteiger partial charge in [-0.25, -0.2) is 4.98 Å². The van der Waals surface area contributed by atoms with Crippen molar-refractivity contribution in [1.29, 1.82) is 5.26 Å². The Balaban J connectivity index is 2.45. The second-order valence-electron chi connectivity index (χ2n) is 3.82. The number of aromatic nitrogens is 1. The molecule has 0 N–H and O–H groups in total. The highest BCUT2D eigenvalue weighted by Crippen LogP contribution is 2.23. The van der Waals surface area contributed by atoms with Crippen molar-refractivity contribution in [3.8, 4) is 6.07 Å². The van der Waals surface area contributed by atoms with E-state index in [-0.39, 0.29) is 5.71 Å². The lowest BCUT2D eigenvalue weighted by Gasteiger charge is -1.93. The Morgan fingerprint density at radius 1 is 1.53 bits per heavy atom. The molecule has 1 aromatic carbocycles. The molecule has 98 valence electrons. The minimum Gasteiger partial charge on any atom is -0.267 e. The first kappa shape index (κ1) is 13.5. The topological polar surface area (TPSA) is 92.4 Å². The van der Waals surface area contributed by atoms with Gasteiger partial charge in [0.25, 0.3) is 0 Å². The number of benzene rings is 1. The minimum absolute atomic E-state index is 0.163. The molecule has 0 radical (unpaired) electrons. The van der Waals surface area contributed by atoms with Crippen LogP contribution in [-0.4, -0.2) is 25.4 Å². The molecule has 19 heavy (non-hydrogen) atoms. The maximum atomic E-state index is 10.8. The molecule has 6 nitrogen and oxygen atoms in total. The molecule has 2 aromatic rings. The number of aryl methyl sites for hydroxylation is 1. The number of hydrogen-bond donors (Lipinski definition) is 0. The summed E-state index contributed by atoms with van der Waals surface area (Å²) in [6.45, 7) is 1.95. The standard InChI is InChI=1S/C11H9N3O3S2/c1-7-3-4-8-10(5-7)18-11(13-8)9(6-12)14-17-19(2,15)16/h3-5H,1-2H3/b14-9+. The fourth-order valence-electron chi connectivity index (χ4n) is 1.35. The van der Waals surface area contributed by atoms with Gasteiger partial charge in [0.2, 0.25) is 5.71 Å². The van der Waals surface area contributed by atoms with Crippen molar-refractivity contribution in [3.63, 3.8) is 0 Å². The molecule has 0 saturated carbocycles. The van der Waals surface area contributed by atoms with Crippen molar-refractivity contribution in [2.75, 3.05) is 6.26 Å². The predicted octanol–water partition coefficient (Wildman–Crippen LogP) is 1.81. The molecular formula is C11H9N3O3S2. The van der Waals surface area contributed by atoms with Crippen LogP contribution in [0.5, 0.6) is 0 Å². The van der Waals surface area contributed by atoms with Gasteiger partial charge in [-0.2, -0.15) is 13.7 Å². The number of hydrogen-bond acceptors (Lipinski definition) is 7. The van der Waals surface area contributed by atoms with E-state index in [1.54, 1.807) is 6.07 Å². The number of nitrogens with zero attached hydrogens (tertiary/aromatic N) is 3. The van der Waals surface area contributed by atoms with Gasteiger partial charge in [-0.1, -0.05) is 11.2 Å². The Hall–Kier alpha value is -1.98. The Morgan fingerprint density at radius 2 is 2.26 bits per heavy atom. The van der Waals surface area contributed by atoms with Gasteiger partial charge in [-0.15, -0.1) is 11.3 Å². The summed E-state index contributed by atoms with van der Waals surface area (Å²) in [7, 11) is -3.74. The molecule has 0 bridgehead atoms. The number of fused-ring (bicyclic) bond motifs is 1. The third kappa shape index (κ3) is 3.27. The van der Waals surface area contributed by atoms with Crippen molar-refractivity contribution in [2.45, 2.75) is 6.92 Å². The molecule has 0 fully saturated rings. The largest absolute Gasteiger partial charge is 0.325 e. The summed E-state index contributed by atoms with van der Waals surface area (Å²) in [5, 5.41) is 12.6. The molecular weight excluding hydrogens is 286 g/mol. The summed E-state index contributed by atoms with van der Waals surface area (Å²) in [6.07, 6.45) is 0.854. The van der Waals surface area contributed by atoms with Crippen molar-refractivity contribution in [3.05, 3.63) is 28.8 Å². The van der Waals surface area contributed by atoms with Crippen LogP contribution >= 0.6 is 11.3 Å². The Kier molecular flexibility index (Phi) is 3.50. The molecule has 2 rings (SSSR count). The average molecular weight is 295 g/mol.